The van der Waals surface area contributed by atoms with E-state index >= 15 is 0 Å². The zero-order valence-corrected chi connectivity index (χ0v) is 18.3. The second-order valence-corrected chi connectivity index (χ2v) is 7.74. The monoisotopic (exact) mass is 443 g/mol. The van der Waals surface area contributed by atoms with Gasteiger partial charge in [-0.25, -0.2) is 14.4 Å². The number of aromatic nitrogens is 3. The van der Waals surface area contributed by atoms with Crippen LogP contribution in [0.5, 0.6) is 11.5 Å². The van der Waals surface area contributed by atoms with E-state index in [-0.39, 0.29) is 10.7 Å². The first-order valence-corrected chi connectivity index (χ1v) is 10.2. The highest BCUT2D eigenvalue weighted by atomic mass is 35.5. The van der Waals surface area contributed by atoms with Crippen molar-refractivity contribution in [3.05, 3.63) is 53.7 Å². The van der Waals surface area contributed by atoms with Crippen molar-refractivity contribution in [2.45, 2.75) is 6.42 Å². The largest absolute Gasteiger partial charge is 0.493 e. The van der Waals surface area contributed by atoms with E-state index in [1.165, 1.54) is 6.07 Å². The number of hydrogen-bond donors (Lipinski definition) is 1. The van der Waals surface area contributed by atoms with E-state index in [1.54, 1.807) is 31.8 Å². The van der Waals surface area contributed by atoms with Gasteiger partial charge in [0.25, 0.3) is 0 Å². The molecule has 0 atom stereocenters. The summed E-state index contributed by atoms with van der Waals surface area (Å²) in [5.41, 5.74) is 2.26. The van der Waals surface area contributed by atoms with Gasteiger partial charge in [0.05, 0.1) is 48.0 Å². The van der Waals surface area contributed by atoms with Crippen LogP contribution in [-0.4, -0.2) is 53.6 Å². The fourth-order valence-corrected chi connectivity index (χ4v) is 3.53. The summed E-state index contributed by atoms with van der Waals surface area (Å²) in [6.45, 7) is 1.46. The number of hydrogen-bond acceptors (Lipinski definition) is 6. The van der Waals surface area contributed by atoms with Crippen LogP contribution in [0.15, 0.2) is 42.9 Å². The second kappa shape index (κ2) is 8.95. The minimum atomic E-state index is -0.466. The molecule has 2 aromatic carbocycles. The number of methoxy groups -OCH3 is 1. The molecule has 0 aliphatic carbocycles. The van der Waals surface area contributed by atoms with Crippen LogP contribution < -0.4 is 14.8 Å². The van der Waals surface area contributed by atoms with Crippen molar-refractivity contribution in [3.8, 4) is 11.5 Å². The zero-order valence-electron chi connectivity index (χ0n) is 17.5. The van der Waals surface area contributed by atoms with E-state index in [9.17, 15) is 4.39 Å². The maximum atomic E-state index is 14.3. The van der Waals surface area contributed by atoms with E-state index in [0.717, 1.165) is 18.5 Å². The number of anilines is 2. The molecule has 0 radical (unpaired) electrons. The first kappa shape index (κ1) is 21.1. The molecule has 31 heavy (non-hydrogen) atoms. The summed E-state index contributed by atoms with van der Waals surface area (Å²) in [6.07, 6.45) is 4.20. The Balaban J connectivity index is 1.76. The quantitative estimate of drug-likeness (QED) is 0.396. The van der Waals surface area contributed by atoms with Crippen molar-refractivity contribution in [1.29, 1.82) is 0 Å². The predicted molar refractivity (Wildman–Crippen MR) is 120 cm³/mol. The number of rotatable bonds is 8. The lowest BCUT2D eigenvalue weighted by Crippen LogP contribution is -2.15. The Morgan fingerprint density at radius 1 is 1.19 bits per heavy atom. The molecule has 0 aliphatic rings. The highest BCUT2D eigenvalue weighted by molar-refractivity contribution is 6.33. The number of nitrogens with one attached hydrogen (secondary N) is 1. The predicted octanol–water partition coefficient (Wildman–Crippen LogP) is 4.76. The van der Waals surface area contributed by atoms with Crippen molar-refractivity contribution in [2.75, 3.05) is 39.7 Å². The summed E-state index contributed by atoms with van der Waals surface area (Å²) in [4.78, 5) is 11.0. The third-order valence-electron chi connectivity index (χ3n) is 4.85. The zero-order chi connectivity index (χ0) is 22.0. The fourth-order valence-electron chi connectivity index (χ4n) is 3.32. The Kier molecular flexibility index (Phi) is 6.11. The van der Waals surface area contributed by atoms with Gasteiger partial charge in [0.1, 0.15) is 11.3 Å². The van der Waals surface area contributed by atoms with Gasteiger partial charge in [-0.1, -0.05) is 17.7 Å². The first-order valence-electron chi connectivity index (χ1n) is 9.80. The van der Waals surface area contributed by atoms with Crippen molar-refractivity contribution in [2.24, 2.45) is 0 Å². The van der Waals surface area contributed by atoms with Crippen LogP contribution in [0.3, 0.4) is 0 Å². The van der Waals surface area contributed by atoms with Gasteiger partial charge in [0.15, 0.2) is 17.3 Å². The number of ether oxygens (including phenoxy) is 2. The molecule has 2 heterocycles. The maximum Gasteiger partial charge on any atom is 0.163 e. The number of benzene rings is 2. The van der Waals surface area contributed by atoms with Crippen molar-refractivity contribution >= 4 is 39.7 Å². The molecule has 162 valence electrons. The SMILES string of the molecule is COc1cc2c(cc1OCCCN(C)C)nc(Nc1c(F)cccc1Cl)c1cncn12. The molecular weight excluding hydrogens is 421 g/mol. The van der Waals surface area contributed by atoms with Crippen LogP contribution in [0, 0.1) is 5.82 Å². The summed E-state index contributed by atoms with van der Waals surface area (Å²) >= 11 is 6.19. The molecule has 0 amide bonds. The third kappa shape index (κ3) is 4.35. The van der Waals surface area contributed by atoms with E-state index in [4.69, 9.17) is 26.1 Å². The van der Waals surface area contributed by atoms with E-state index in [2.05, 4.69) is 15.2 Å². The van der Waals surface area contributed by atoms with Crippen LogP contribution in [0.1, 0.15) is 6.42 Å². The Bertz CT molecular complexity index is 1210. The molecule has 4 aromatic rings. The Morgan fingerprint density at radius 2 is 2.03 bits per heavy atom. The van der Waals surface area contributed by atoms with Gasteiger partial charge in [0, 0.05) is 18.7 Å². The van der Waals surface area contributed by atoms with Crippen LogP contribution in [0.2, 0.25) is 5.02 Å². The molecule has 2 aromatic heterocycles. The highest BCUT2D eigenvalue weighted by Crippen LogP contribution is 2.35. The number of fused-ring (bicyclic) bond motifs is 3. The molecule has 0 spiro atoms. The lowest BCUT2D eigenvalue weighted by atomic mass is 10.2. The number of nitrogens with zero attached hydrogens (tertiary/aromatic N) is 4. The van der Waals surface area contributed by atoms with E-state index < -0.39 is 5.82 Å². The minimum absolute atomic E-state index is 0.160. The summed E-state index contributed by atoms with van der Waals surface area (Å²) in [6, 6.07) is 8.19. The van der Waals surface area contributed by atoms with Crippen LogP contribution >= 0.6 is 11.6 Å². The van der Waals surface area contributed by atoms with Gasteiger partial charge in [-0.05, 0) is 32.6 Å². The van der Waals surface area contributed by atoms with Gasteiger partial charge < -0.3 is 19.7 Å². The van der Waals surface area contributed by atoms with E-state index in [1.807, 2.05) is 30.6 Å². The van der Waals surface area contributed by atoms with Crippen LogP contribution in [0.25, 0.3) is 16.6 Å². The van der Waals surface area contributed by atoms with Gasteiger partial charge >= 0.3 is 0 Å². The maximum absolute atomic E-state index is 14.3. The minimum Gasteiger partial charge on any atom is -0.493 e. The van der Waals surface area contributed by atoms with Gasteiger partial charge in [-0.3, -0.25) is 4.40 Å². The lowest BCUT2D eigenvalue weighted by Gasteiger charge is -2.15. The molecule has 9 heteroatoms. The molecular formula is C22H23ClFN5O2. The number of halogens is 2. The molecule has 0 aliphatic heterocycles. The summed E-state index contributed by atoms with van der Waals surface area (Å²) in [5.74, 6) is 1.16. The van der Waals surface area contributed by atoms with Crippen molar-refractivity contribution in [3.63, 3.8) is 0 Å². The molecule has 0 fully saturated rings. The van der Waals surface area contributed by atoms with Gasteiger partial charge in [-0.2, -0.15) is 0 Å². The highest BCUT2D eigenvalue weighted by Gasteiger charge is 2.16. The summed E-state index contributed by atoms with van der Waals surface area (Å²) in [7, 11) is 5.64. The molecule has 0 bridgehead atoms. The standard InChI is InChI=1S/C22H23ClFN5O2/c1-28(2)8-5-9-31-20-10-16-17(11-19(20)30-3)29-13-25-12-18(29)22(26-16)27-21-14(23)6-4-7-15(21)24/h4,6-7,10-13H,5,8-9H2,1-3H3,(H,26,27). The first-order chi connectivity index (χ1) is 15.0. The lowest BCUT2D eigenvalue weighted by molar-refractivity contribution is 0.268. The molecule has 0 saturated heterocycles. The van der Waals surface area contributed by atoms with Crippen LogP contribution in [-0.2, 0) is 0 Å². The molecule has 1 N–H and O–H groups in total. The van der Waals surface area contributed by atoms with Crippen molar-refractivity contribution < 1.29 is 13.9 Å². The average Bonchev–Trinajstić information content (AvgIpc) is 3.23. The number of para-hydroxylation sites is 1. The molecule has 4 rings (SSSR count). The third-order valence-corrected chi connectivity index (χ3v) is 5.16. The summed E-state index contributed by atoms with van der Waals surface area (Å²) in [5, 5.41) is 3.28. The smallest absolute Gasteiger partial charge is 0.163 e. The molecule has 7 nitrogen and oxygen atoms in total. The Labute approximate surface area is 184 Å². The topological polar surface area (TPSA) is 63.9 Å². The average molecular weight is 444 g/mol. The summed E-state index contributed by atoms with van der Waals surface area (Å²) < 4.78 is 27.7. The number of imidazole rings is 1. The van der Waals surface area contributed by atoms with Gasteiger partial charge in [-0.15, -0.1) is 0 Å². The van der Waals surface area contributed by atoms with Crippen LogP contribution in [0.4, 0.5) is 15.9 Å². The molecule has 0 unspecified atom stereocenters. The normalized spacial score (nSPS) is 11.4. The Morgan fingerprint density at radius 3 is 2.77 bits per heavy atom. The van der Waals surface area contributed by atoms with Gasteiger partial charge in [0.2, 0.25) is 0 Å². The Hall–Kier alpha value is -3.10. The second-order valence-electron chi connectivity index (χ2n) is 7.33. The van der Waals surface area contributed by atoms with Crippen molar-refractivity contribution in [1.82, 2.24) is 19.3 Å². The van der Waals surface area contributed by atoms with E-state index in [0.29, 0.717) is 35.0 Å². The molecule has 0 saturated carbocycles. The fraction of sp³-hybridized carbons (Fsp3) is 0.273.